The summed E-state index contributed by atoms with van der Waals surface area (Å²) in [6, 6.07) is 7.23. The molecule has 0 heterocycles. The van der Waals surface area contributed by atoms with E-state index in [0.29, 0.717) is 5.56 Å². The summed E-state index contributed by atoms with van der Waals surface area (Å²) in [7, 11) is 0. The van der Waals surface area contributed by atoms with Gasteiger partial charge in [0.1, 0.15) is 17.4 Å². The van der Waals surface area contributed by atoms with E-state index in [2.05, 4.69) is 5.32 Å². The van der Waals surface area contributed by atoms with Crippen LogP contribution in [0.5, 0.6) is 5.75 Å². The van der Waals surface area contributed by atoms with Crippen molar-refractivity contribution in [2.75, 3.05) is 5.32 Å². The molecule has 0 spiro atoms. The Kier molecular flexibility index (Phi) is 3.46. The molecular formula is C14H11F2NO2. The Bertz CT molecular complexity index is 621. The molecule has 0 saturated carbocycles. The maximum absolute atomic E-state index is 13.0. The third kappa shape index (κ3) is 2.88. The van der Waals surface area contributed by atoms with E-state index in [0.717, 1.165) is 18.2 Å². The van der Waals surface area contributed by atoms with Crippen molar-refractivity contribution in [1.29, 1.82) is 0 Å². The van der Waals surface area contributed by atoms with Crippen molar-refractivity contribution in [3.8, 4) is 5.75 Å². The Labute approximate surface area is 108 Å². The first-order valence-electron chi connectivity index (χ1n) is 5.53. The summed E-state index contributed by atoms with van der Waals surface area (Å²) in [6.45, 7) is 1.58. The van der Waals surface area contributed by atoms with E-state index in [1.165, 1.54) is 18.2 Å². The van der Waals surface area contributed by atoms with Gasteiger partial charge < -0.3 is 10.4 Å². The SMILES string of the molecule is Cc1c(O)cccc1C(=O)Nc1cc(F)cc(F)c1. The largest absolute Gasteiger partial charge is 0.508 e. The lowest BCUT2D eigenvalue weighted by molar-refractivity contribution is 0.102. The van der Waals surface area contributed by atoms with Crippen LogP contribution in [-0.4, -0.2) is 11.0 Å². The Hall–Kier alpha value is -2.43. The van der Waals surface area contributed by atoms with Gasteiger partial charge in [-0.3, -0.25) is 4.79 Å². The van der Waals surface area contributed by atoms with Gasteiger partial charge in [0.15, 0.2) is 0 Å². The second-order valence-corrected chi connectivity index (χ2v) is 4.06. The number of hydrogen-bond acceptors (Lipinski definition) is 2. The molecule has 0 saturated heterocycles. The second kappa shape index (κ2) is 5.06. The van der Waals surface area contributed by atoms with Gasteiger partial charge in [0.25, 0.3) is 5.91 Å². The van der Waals surface area contributed by atoms with E-state index in [9.17, 15) is 18.7 Å². The van der Waals surface area contributed by atoms with E-state index in [4.69, 9.17) is 0 Å². The average molecular weight is 263 g/mol. The zero-order chi connectivity index (χ0) is 14.0. The number of carbonyl (C=O) groups excluding carboxylic acids is 1. The number of amides is 1. The minimum atomic E-state index is -0.775. The zero-order valence-electron chi connectivity index (χ0n) is 10.1. The molecule has 0 aromatic heterocycles. The van der Waals surface area contributed by atoms with Crippen LogP contribution in [0.3, 0.4) is 0 Å². The second-order valence-electron chi connectivity index (χ2n) is 4.06. The van der Waals surface area contributed by atoms with Gasteiger partial charge in [0, 0.05) is 22.9 Å². The molecule has 0 atom stereocenters. The third-order valence-electron chi connectivity index (χ3n) is 2.67. The lowest BCUT2D eigenvalue weighted by Gasteiger charge is -2.09. The van der Waals surface area contributed by atoms with Crippen molar-refractivity contribution in [2.24, 2.45) is 0 Å². The Morgan fingerprint density at radius 1 is 1.16 bits per heavy atom. The molecule has 0 radical (unpaired) electrons. The number of aromatic hydroxyl groups is 1. The quantitative estimate of drug-likeness (QED) is 0.873. The maximum atomic E-state index is 13.0. The van der Waals surface area contributed by atoms with Crippen molar-refractivity contribution >= 4 is 11.6 Å². The Balaban J connectivity index is 2.28. The summed E-state index contributed by atoms with van der Waals surface area (Å²) in [6.07, 6.45) is 0. The molecule has 2 aromatic rings. The number of nitrogens with one attached hydrogen (secondary N) is 1. The fraction of sp³-hybridized carbons (Fsp3) is 0.0714. The highest BCUT2D eigenvalue weighted by atomic mass is 19.1. The molecule has 0 bridgehead atoms. The minimum Gasteiger partial charge on any atom is -0.508 e. The van der Waals surface area contributed by atoms with Crippen molar-refractivity contribution < 1.29 is 18.7 Å². The number of phenolic OH excluding ortho intramolecular Hbond substituents is 1. The van der Waals surface area contributed by atoms with Gasteiger partial charge >= 0.3 is 0 Å². The number of hydrogen-bond donors (Lipinski definition) is 2. The van der Waals surface area contributed by atoms with E-state index in [1.807, 2.05) is 0 Å². The summed E-state index contributed by atoms with van der Waals surface area (Å²) in [4.78, 5) is 11.9. The molecule has 0 unspecified atom stereocenters. The highest BCUT2D eigenvalue weighted by Gasteiger charge is 2.12. The van der Waals surface area contributed by atoms with Crippen molar-refractivity contribution in [2.45, 2.75) is 6.92 Å². The number of benzene rings is 2. The summed E-state index contributed by atoms with van der Waals surface area (Å²) in [5.41, 5.74) is 0.659. The number of anilines is 1. The molecule has 3 nitrogen and oxygen atoms in total. The zero-order valence-corrected chi connectivity index (χ0v) is 10.1. The van der Waals surface area contributed by atoms with Crippen LogP contribution >= 0.6 is 0 Å². The molecule has 0 aliphatic carbocycles. The molecule has 2 N–H and O–H groups in total. The molecule has 2 aromatic carbocycles. The van der Waals surface area contributed by atoms with Gasteiger partial charge in [-0.25, -0.2) is 8.78 Å². The predicted molar refractivity (Wildman–Crippen MR) is 67.2 cm³/mol. The summed E-state index contributed by atoms with van der Waals surface area (Å²) >= 11 is 0. The van der Waals surface area contributed by atoms with Crippen molar-refractivity contribution in [1.82, 2.24) is 0 Å². The van der Waals surface area contributed by atoms with Crippen LogP contribution in [0.1, 0.15) is 15.9 Å². The topological polar surface area (TPSA) is 49.3 Å². The van der Waals surface area contributed by atoms with Gasteiger partial charge in [-0.2, -0.15) is 0 Å². The molecule has 5 heteroatoms. The summed E-state index contributed by atoms with van der Waals surface area (Å²) in [5.74, 6) is -2.11. The van der Waals surface area contributed by atoms with Crippen LogP contribution in [0.15, 0.2) is 36.4 Å². The smallest absolute Gasteiger partial charge is 0.256 e. The lowest BCUT2D eigenvalue weighted by atomic mass is 10.1. The maximum Gasteiger partial charge on any atom is 0.256 e. The highest BCUT2D eigenvalue weighted by molar-refractivity contribution is 6.05. The number of carbonyl (C=O) groups is 1. The molecular weight excluding hydrogens is 252 g/mol. The average Bonchev–Trinajstić information content (AvgIpc) is 2.31. The van der Waals surface area contributed by atoms with Crippen LogP contribution in [0, 0.1) is 18.6 Å². The van der Waals surface area contributed by atoms with E-state index in [-0.39, 0.29) is 17.0 Å². The Morgan fingerprint density at radius 3 is 2.42 bits per heavy atom. The molecule has 0 fully saturated rings. The van der Waals surface area contributed by atoms with Crippen molar-refractivity contribution in [3.63, 3.8) is 0 Å². The van der Waals surface area contributed by atoms with Crippen LogP contribution in [0.25, 0.3) is 0 Å². The first-order valence-corrected chi connectivity index (χ1v) is 5.53. The normalized spacial score (nSPS) is 10.3. The molecule has 98 valence electrons. The monoisotopic (exact) mass is 263 g/mol. The fourth-order valence-corrected chi connectivity index (χ4v) is 1.69. The number of halogens is 2. The van der Waals surface area contributed by atoms with Crippen LogP contribution in [-0.2, 0) is 0 Å². The lowest BCUT2D eigenvalue weighted by Crippen LogP contribution is -2.13. The van der Waals surface area contributed by atoms with Gasteiger partial charge in [-0.1, -0.05) is 6.07 Å². The first-order chi connectivity index (χ1) is 8.97. The van der Waals surface area contributed by atoms with Gasteiger partial charge in [-0.15, -0.1) is 0 Å². The van der Waals surface area contributed by atoms with E-state index in [1.54, 1.807) is 6.92 Å². The molecule has 1 amide bonds. The predicted octanol–water partition coefficient (Wildman–Crippen LogP) is 3.23. The first kappa shape index (κ1) is 13.0. The third-order valence-corrected chi connectivity index (χ3v) is 2.67. The number of phenols is 1. The van der Waals surface area contributed by atoms with Crippen molar-refractivity contribution in [3.05, 3.63) is 59.2 Å². The molecule has 0 aliphatic rings. The highest BCUT2D eigenvalue weighted by Crippen LogP contribution is 2.21. The van der Waals surface area contributed by atoms with Gasteiger partial charge in [0.05, 0.1) is 0 Å². The van der Waals surface area contributed by atoms with Gasteiger partial charge in [-0.05, 0) is 31.2 Å². The fourth-order valence-electron chi connectivity index (χ4n) is 1.69. The van der Waals surface area contributed by atoms with Crippen LogP contribution < -0.4 is 5.32 Å². The van der Waals surface area contributed by atoms with Crippen LogP contribution in [0.2, 0.25) is 0 Å². The number of rotatable bonds is 2. The summed E-state index contributed by atoms with van der Waals surface area (Å²) in [5, 5.41) is 11.9. The minimum absolute atomic E-state index is 0.0157. The Morgan fingerprint density at radius 2 is 1.79 bits per heavy atom. The van der Waals surface area contributed by atoms with Crippen LogP contribution in [0.4, 0.5) is 14.5 Å². The van der Waals surface area contributed by atoms with Gasteiger partial charge in [0.2, 0.25) is 0 Å². The van der Waals surface area contributed by atoms with E-state index < -0.39 is 17.5 Å². The standard InChI is InChI=1S/C14H11F2NO2/c1-8-12(3-2-4-13(8)18)14(19)17-11-6-9(15)5-10(16)7-11/h2-7,18H,1H3,(H,17,19). The summed E-state index contributed by atoms with van der Waals surface area (Å²) < 4.78 is 26.0. The molecule has 2 rings (SSSR count). The molecule has 19 heavy (non-hydrogen) atoms. The van der Waals surface area contributed by atoms with E-state index >= 15 is 0 Å². The molecule has 0 aliphatic heterocycles.